The molecule has 1 aliphatic rings. The van der Waals surface area contributed by atoms with Crippen LogP contribution in [0.3, 0.4) is 0 Å². The lowest BCUT2D eigenvalue weighted by molar-refractivity contribution is 0.365. The van der Waals surface area contributed by atoms with Gasteiger partial charge in [-0.05, 0) is 36.5 Å². The van der Waals surface area contributed by atoms with Crippen LogP contribution in [0.25, 0.3) is 5.70 Å². The zero-order chi connectivity index (χ0) is 21.0. The van der Waals surface area contributed by atoms with Gasteiger partial charge in [0, 0.05) is 23.4 Å². The van der Waals surface area contributed by atoms with E-state index in [1.165, 1.54) is 0 Å². The average molecular weight is 416 g/mol. The normalized spacial score (nSPS) is 15.6. The van der Waals surface area contributed by atoms with Crippen molar-refractivity contribution in [2.45, 2.75) is 6.04 Å². The summed E-state index contributed by atoms with van der Waals surface area (Å²) in [5.74, 6) is 3.29. The molecule has 29 heavy (non-hydrogen) atoms. The molecule has 1 aliphatic heterocycles. The highest BCUT2D eigenvalue weighted by Crippen LogP contribution is 2.41. The van der Waals surface area contributed by atoms with Crippen LogP contribution in [-0.4, -0.2) is 40.7 Å². The smallest absolute Gasteiger partial charge is 0.171 e. The third-order valence-corrected chi connectivity index (χ3v) is 4.85. The van der Waals surface area contributed by atoms with Crippen LogP contribution in [0.2, 0.25) is 0 Å². The number of ether oxygens (including phenoxy) is 5. The van der Waals surface area contributed by atoms with E-state index in [-0.39, 0.29) is 6.04 Å². The second-order valence-electron chi connectivity index (χ2n) is 6.17. The van der Waals surface area contributed by atoms with Crippen LogP contribution in [0.15, 0.2) is 36.4 Å². The molecule has 1 unspecified atom stereocenters. The molecule has 2 aromatic rings. The van der Waals surface area contributed by atoms with Crippen molar-refractivity contribution in [2.24, 2.45) is 0 Å². The molecule has 0 saturated carbocycles. The highest BCUT2D eigenvalue weighted by atomic mass is 32.1. The van der Waals surface area contributed by atoms with Gasteiger partial charge in [-0.3, -0.25) is 0 Å². The Morgan fingerprint density at radius 3 is 1.93 bits per heavy atom. The lowest BCUT2D eigenvalue weighted by atomic mass is 9.99. The zero-order valence-corrected chi connectivity index (χ0v) is 17.8. The summed E-state index contributed by atoms with van der Waals surface area (Å²) >= 11 is 5.47. The third kappa shape index (κ3) is 4.17. The Kier molecular flexibility index (Phi) is 6.33. The minimum Gasteiger partial charge on any atom is -0.497 e. The van der Waals surface area contributed by atoms with E-state index < -0.39 is 0 Å². The average Bonchev–Trinajstić information content (AvgIpc) is 2.76. The maximum atomic E-state index is 5.60. The Morgan fingerprint density at radius 2 is 1.38 bits per heavy atom. The molecule has 2 N–H and O–H groups in total. The Hall–Kier alpha value is -3.13. The van der Waals surface area contributed by atoms with Gasteiger partial charge in [-0.25, -0.2) is 0 Å². The van der Waals surface area contributed by atoms with Gasteiger partial charge in [0.1, 0.15) is 28.7 Å². The molecule has 0 spiro atoms. The van der Waals surface area contributed by atoms with Gasteiger partial charge in [-0.15, -0.1) is 0 Å². The first kappa shape index (κ1) is 20.6. The monoisotopic (exact) mass is 416 g/mol. The number of rotatable bonds is 7. The quantitative estimate of drug-likeness (QED) is 0.667. The molecular formula is C21H24N2O5S. The first-order valence-electron chi connectivity index (χ1n) is 8.86. The number of hydrogen-bond acceptors (Lipinski definition) is 6. The molecule has 0 saturated heterocycles. The molecule has 0 aromatic heterocycles. The SMILES string of the molecule is COc1cc(OC)c(C2C=C(c3cc(OC)ccc3OC)NC(=S)N2)c(OC)c1. The molecule has 7 nitrogen and oxygen atoms in total. The van der Waals surface area contributed by atoms with E-state index in [2.05, 4.69) is 10.6 Å². The number of nitrogens with one attached hydrogen (secondary N) is 2. The maximum absolute atomic E-state index is 5.60. The Morgan fingerprint density at radius 1 is 0.759 bits per heavy atom. The molecule has 0 aliphatic carbocycles. The fraction of sp³-hybridized carbons (Fsp3) is 0.286. The standard InChI is InChI=1S/C21H24N2O5S/c1-24-12-6-7-17(26-3)14(8-12)15-11-16(23-21(29)22-15)20-18(27-4)9-13(25-2)10-19(20)28-5/h6-11,16H,1-5H3,(H2,22,23,29). The predicted molar refractivity (Wildman–Crippen MR) is 115 cm³/mol. The van der Waals surface area contributed by atoms with Crippen molar-refractivity contribution in [3.63, 3.8) is 0 Å². The molecule has 0 bridgehead atoms. The summed E-state index contributed by atoms with van der Waals surface area (Å²) in [4.78, 5) is 0. The summed E-state index contributed by atoms with van der Waals surface area (Å²) in [6.45, 7) is 0. The first-order chi connectivity index (χ1) is 14.0. The predicted octanol–water partition coefficient (Wildman–Crippen LogP) is 3.29. The van der Waals surface area contributed by atoms with Gasteiger partial charge in [-0.2, -0.15) is 0 Å². The van der Waals surface area contributed by atoms with Crippen molar-refractivity contribution < 1.29 is 23.7 Å². The summed E-state index contributed by atoms with van der Waals surface area (Å²) in [5.41, 5.74) is 2.42. The summed E-state index contributed by atoms with van der Waals surface area (Å²) in [6, 6.07) is 8.91. The lowest BCUT2D eigenvalue weighted by Crippen LogP contribution is -2.40. The van der Waals surface area contributed by atoms with Crippen molar-refractivity contribution in [2.75, 3.05) is 35.5 Å². The van der Waals surface area contributed by atoms with Crippen LogP contribution in [0.1, 0.15) is 17.2 Å². The second kappa shape index (κ2) is 8.91. The molecule has 0 fully saturated rings. The molecule has 0 radical (unpaired) electrons. The van der Waals surface area contributed by atoms with Crippen LogP contribution < -0.4 is 34.3 Å². The molecule has 8 heteroatoms. The largest absolute Gasteiger partial charge is 0.497 e. The molecule has 0 amide bonds. The number of hydrogen-bond donors (Lipinski definition) is 2. The van der Waals surface area contributed by atoms with Gasteiger partial charge >= 0.3 is 0 Å². The Balaban J connectivity index is 2.14. The summed E-state index contributed by atoms with van der Waals surface area (Å²) in [7, 11) is 8.05. The second-order valence-corrected chi connectivity index (χ2v) is 6.58. The fourth-order valence-electron chi connectivity index (χ4n) is 3.23. The van der Waals surface area contributed by atoms with Crippen LogP contribution >= 0.6 is 12.2 Å². The van der Waals surface area contributed by atoms with Gasteiger partial charge in [0.15, 0.2) is 5.11 Å². The van der Waals surface area contributed by atoms with Crippen molar-refractivity contribution in [1.29, 1.82) is 0 Å². The van der Waals surface area contributed by atoms with Crippen LogP contribution in [0.4, 0.5) is 0 Å². The molecule has 2 aromatic carbocycles. The van der Waals surface area contributed by atoms with Gasteiger partial charge in [0.25, 0.3) is 0 Å². The number of thiocarbonyl (C=S) groups is 1. The van der Waals surface area contributed by atoms with E-state index in [9.17, 15) is 0 Å². The summed E-state index contributed by atoms with van der Waals surface area (Å²) < 4.78 is 27.4. The van der Waals surface area contributed by atoms with E-state index in [1.807, 2.05) is 36.4 Å². The zero-order valence-electron chi connectivity index (χ0n) is 17.0. The summed E-state index contributed by atoms with van der Waals surface area (Å²) in [6.07, 6.45) is 2.00. The van der Waals surface area contributed by atoms with Crippen LogP contribution in [-0.2, 0) is 0 Å². The van der Waals surface area contributed by atoms with E-state index in [0.717, 1.165) is 16.8 Å². The first-order valence-corrected chi connectivity index (χ1v) is 9.27. The highest BCUT2D eigenvalue weighted by molar-refractivity contribution is 7.80. The van der Waals surface area contributed by atoms with Crippen molar-refractivity contribution in [3.8, 4) is 28.7 Å². The van der Waals surface area contributed by atoms with Gasteiger partial charge in [0.2, 0.25) is 0 Å². The molecule has 1 heterocycles. The van der Waals surface area contributed by atoms with E-state index in [1.54, 1.807) is 35.5 Å². The molecule has 1 atom stereocenters. The minimum atomic E-state index is -0.300. The number of methoxy groups -OCH3 is 5. The van der Waals surface area contributed by atoms with Crippen LogP contribution in [0, 0.1) is 0 Å². The van der Waals surface area contributed by atoms with Gasteiger partial charge in [-0.1, -0.05) is 0 Å². The molecule has 154 valence electrons. The molecular weight excluding hydrogens is 392 g/mol. The van der Waals surface area contributed by atoms with E-state index in [4.69, 9.17) is 35.9 Å². The van der Waals surface area contributed by atoms with Crippen molar-refractivity contribution in [1.82, 2.24) is 10.6 Å². The highest BCUT2D eigenvalue weighted by Gasteiger charge is 2.27. The van der Waals surface area contributed by atoms with Crippen molar-refractivity contribution >= 4 is 23.0 Å². The lowest BCUT2D eigenvalue weighted by Gasteiger charge is -2.29. The topological polar surface area (TPSA) is 70.2 Å². The minimum absolute atomic E-state index is 0.300. The number of benzene rings is 2. The molecule has 3 rings (SSSR count). The summed E-state index contributed by atoms with van der Waals surface area (Å²) in [5, 5.41) is 6.92. The Bertz CT molecular complexity index is 920. The van der Waals surface area contributed by atoms with Crippen molar-refractivity contribution in [3.05, 3.63) is 47.5 Å². The fourth-order valence-corrected chi connectivity index (χ4v) is 3.46. The van der Waals surface area contributed by atoms with Gasteiger partial charge < -0.3 is 34.3 Å². The van der Waals surface area contributed by atoms with E-state index in [0.29, 0.717) is 33.9 Å². The van der Waals surface area contributed by atoms with Crippen LogP contribution in [0.5, 0.6) is 28.7 Å². The maximum Gasteiger partial charge on any atom is 0.171 e. The third-order valence-electron chi connectivity index (χ3n) is 4.63. The van der Waals surface area contributed by atoms with Gasteiger partial charge in [0.05, 0.1) is 47.2 Å². The van der Waals surface area contributed by atoms with E-state index >= 15 is 0 Å². The Labute approximate surface area is 175 Å².